The summed E-state index contributed by atoms with van der Waals surface area (Å²) in [6, 6.07) is 19.0. The normalized spacial score (nSPS) is 16.5. The van der Waals surface area contributed by atoms with Crippen LogP contribution in [0.5, 0.6) is 0 Å². The maximum absolute atomic E-state index is 14.0. The highest BCUT2D eigenvalue weighted by molar-refractivity contribution is 5.78. The van der Waals surface area contributed by atoms with Crippen molar-refractivity contribution in [3.05, 3.63) is 84.2 Å². The van der Waals surface area contributed by atoms with E-state index in [-0.39, 0.29) is 24.3 Å². The molecule has 1 amide bonds. The van der Waals surface area contributed by atoms with Crippen LogP contribution in [0.25, 0.3) is 22.2 Å². The van der Waals surface area contributed by atoms with Crippen LogP contribution >= 0.6 is 0 Å². The standard InChI is InChI=1S/C31H36FN5O2/c1-39-18-6-17-37-28-10-3-2-9-27(28)35-31(37)24-7-5-16-36(21-24)29(38)20-25(33)19-22-11-13-23(14-12-22)26-8-4-15-34-30(26)32/h2-4,8-15,24-25H,5-7,16-21,33H2,1H3/t24-,25-/m1/s1. The molecule has 8 heteroatoms. The Morgan fingerprint density at radius 2 is 1.97 bits per heavy atom. The Bertz CT molecular complexity index is 1400. The maximum atomic E-state index is 14.0. The number of methoxy groups -OCH3 is 1. The Morgan fingerprint density at radius 3 is 2.77 bits per heavy atom. The van der Waals surface area contributed by atoms with Gasteiger partial charge < -0.3 is 19.9 Å². The van der Waals surface area contributed by atoms with Crippen molar-refractivity contribution < 1.29 is 13.9 Å². The van der Waals surface area contributed by atoms with Gasteiger partial charge in [0.2, 0.25) is 11.9 Å². The molecule has 3 heterocycles. The van der Waals surface area contributed by atoms with Gasteiger partial charge in [0, 0.05) is 63.5 Å². The summed E-state index contributed by atoms with van der Waals surface area (Å²) < 4.78 is 21.6. The first-order chi connectivity index (χ1) is 19.0. The van der Waals surface area contributed by atoms with Crippen molar-refractivity contribution in [3.63, 3.8) is 0 Å². The van der Waals surface area contributed by atoms with Crippen LogP contribution in [0, 0.1) is 5.95 Å². The maximum Gasteiger partial charge on any atom is 0.224 e. The molecule has 0 unspecified atom stereocenters. The minimum atomic E-state index is -0.488. The van der Waals surface area contributed by atoms with Gasteiger partial charge in [0.25, 0.3) is 0 Å². The van der Waals surface area contributed by atoms with Crippen molar-refractivity contribution in [1.82, 2.24) is 19.4 Å². The lowest BCUT2D eigenvalue weighted by atomic mass is 9.95. The first-order valence-electron chi connectivity index (χ1n) is 13.7. The second kappa shape index (κ2) is 12.5. The predicted octanol–water partition coefficient (Wildman–Crippen LogP) is 4.94. The number of piperidine rings is 1. The highest BCUT2D eigenvalue weighted by Gasteiger charge is 2.29. The molecule has 0 bridgehead atoms. The molecular weight excluding hydrogens is 493 g/mol. The SMILES string of the molecule is COCCCn1c([C@@H]2CCCN(C(=O)C[C@H](N)Cc3ccc(-c4cccnc4F)cc3)C2)nc2ccccc21. The third-order valence-electron chi connectivity index (χ3n) is 7.51. The van der Waals surface area contributed by atoms with Crippen LogP contribution in [0.2, 0.25) is 0 Å². The third-order valence-corrected chi connectivity index (χ3v) is 7.51. The molecule has 5 rings (SSSR count). The van der Waals surface area contributed by atoms with Crippen molar-refractivity contribution in [2.24, 2.45) is 5.73 Å². The Morgan fingerprint density at radius 1 is 1.15 bits per heavy atom. The number of amides is 1. The Hall–Kier alpha value is -3.62. The van der Waals surface area contributed by atoms with Crippen molar-refractivity contribution >= 4 is 16.9 Å². The van der Waals surface area contributed by atoms with Crippen molar-refractivity contribution in [1.29, 1.82) is 0 Å². The molecule has 2 N–H and O–H groups in total. The highest BCUT2D eigenvalue weighted by Crippen LogP contribution is 2.30. The lowest BCUT2D eigenvalue weighted by molar-refractivity contribution is -0.132. The van der Waals surface area contributed by atoms with Gasteiger partial charge >= 0.3 is 0 Å². The second-order valence-corrected chi connectivity index (χ2v) is 10.3. The number of pyridine rings is 1. The smallest absolute Gasteiger partial charge is 0.224 e. The summed E-state index contributed by atoms with van der Waals surface area (Å²) in [4.78, 5) is 23.9. The van der Waals surface area contributed by atoms with Gasteiger partial charge in [0.15, 0.2) is 0 Å². The Labute approximate surface area is 228 Å². The molecule has 0 spiro atoms. The van der Waals surface area contributed by atoms with Crippen molar-refractivity contribution in [2.45, 2.75) is 50.6 Å². The molecule has 204 valence electrons. The van der Waals surface area contributed by atoms with E-state index in [0.717, 1.165) is 60.3 Å². The number of halogens is 1. The third kappa shape index (κ3) is 6.34. The van der Waals surface area contributed by atoms with Gasteiger partial charge in [-0.1, -0.05) is 36.4 Å². The number of likely N-dealkylation sites (tertiary alicyclic amines) is 1. The van der Waals surface area contributed by atoms with E-state index in [9.17, 15) is 9.18 Å². The molecule has 1 aliphatic rings. The van der Waals surface area contributed by atoms with E-state index in [4.69, 9.17) is 15.5 Å². The van der Waals surface area contributed by atoms with Gasteiger partial charge in [0.05, 0.1) is 11.0 Å². The van der Waals surface area contributed by atoms with Crippen LogP contribution in [0.1, 0.15) is 43.0 Å². The van der Waals surface area contributed by atoms with E-state index in [2.05, 4.69) is 21.7 Å². The zero-order valence-electron chi connectivity index (χ0n) is 22.4. The molecule has 7 nitrogen and oxygen atoms in total. The van der Waals surface area contributed by atoms with E-state index in [1.165, 1.54) is 6.20 Å². The molecular formula is C31H36FN5O2. The fourth-order valence-corrected chi connectivity index (χ4v) is 5.57. The van der Waals surface area contributed by atoms with Gasteiger partial charge in [-0.3, -0.25) is 4.79 Å². The minimum Gasteiger partial charge on any atom is -0.385 e. The van der Waals surface area contributed by atoms with E-state index in [1.807, 2.05) is 41.3 Å². The number of benzene rings is 2. The van der Waals surface area contributed by atoms with Crippen LogP contribution < -0.4 is 5.73 Å². The van der Waals surface area contributed by atoms with Crippen molar-refractivity contribution in [3.8, 4) is 11.1 Å². The summed E-state index contributed by atoms with van der Waals surface area (Å²) >= 11 is 0. The average Bonchev–Trinajstić information content (AvgIpc) is 3.33. The number of carbonyl (C=O) groups is 1. The predicted molar refractivity (Wildman–Crippen MR) is 151 cm³/mol. The van der Waals surface area contributed by atoms with Crippen LogP contribution in [0.4, 0.5) is 4.39 Å². The molecule has 2 atom stereocenters. The Kier molecular flexibility index (Phi) is 8.64. The zero-order chi connectivity index (χ0) is 27.2. The topological polar surface area (TPSA) is 86.3 Å². The summed E-state index contributed by atoms with van der Waals surface area (Å²) in [5.41, 5.74) is 10.8. The first-order valence-corrected chi connectivity index (χ1v) is 13.7. The number of hydrogen-bond donors (Lipinski definition) is 1. The van der Waals surface area contributed by atoms with Crippen LogP contribution in [-0.2, 0) is 22.5 Å². The number of hydrogen-bond acceptors (Lipinski definition) is 5. The van der Waals surface area contributed by atoms with E-state index < -0.39 is 5.95 Å². The van der Waals surface area contributed by atoms with Gasteiger partial charge in [-0.05, 0) is 61.1 Å². The van der Waals surface area contributed by atoms with Gasteiger partial charge in [-0.2, -0.15) is 4.39 Å². The molecule has 39 heavy (non-hydrogen) atoms. The Balaban J connectivity index is 1.21. The molecule has 2 aromatic carbocycles. The molecule has 4 aromatic rings. The quantitative estimate of drug-likeness (QED) is 0.232. The number of aryl methyl sites for hydroxylation is 1. The number of aromatic nitrogens is 3. The van der Waals surface area contributed by atoms with E-state index in [0.29, 0.717) is 25.1 Å². The summed E-state index contributed by atoms with van der Waals surface area (Å²) in [5, 5.41) is 0. The number of para-hydroxylation sites is 2. The van der Waals surface area contributed by atoms with Crippen molar-refractivity contribution in [2.75, 3.05) is 26.8 Å². The summed E-state index contributed by atoms with van der Waals surface area (Å²) in [6.45, 7) is 2.94. The summed E-state index contributed by atoms with van der Waals surface area (Å²) in [7, 11) is 1.72. The lowest BCUT2D eigenvalue weighted by Crippen LogP contribution is -2.42. The highest BCUT2D eigenvalue weighted by atomic mass is 19.1. The summed E-state index contributed by atoms with van der Waals surface area (Å²) in [5.74, 6) is 0.842. The van der Waals surface area contributed by atoms with Crippen LogP contribution in [-0.4, -0.2) is 58.2 Å². The fourth-order valence-electron chi connectivity index (χ4n) is 5.57. The number of rotatable bonds is 10. The molecule has 0 saturated carbocycles. The number of fused-ring (bicyclic) bond motifs is 1. The average molecular weight is 530 g/mol. The van der Waals surface area contributed by atoms with Crippen LogP contribution in [0.3, 0.4) is 0 Å². The van der Waals surface area contributed by atoms with E-state index in [1.54, 1.807) is 19.2 Å². The number of nitrogens with two attached hydrogens (primary N) is 1. The van der Waals surface area contributed by atoms with Gasteiger partial charge in [0.1, 0.15) is 5.82 Å². The molecule has 1 saturated heterocycles. The van der Waals surface area contributed by atoms with E-state index >= 15 is 0 Å². The fraction of sp³-hybridized carbons (Fsp3) is 0.387. The number of ether oxygens (including phenoxy) is 1. The largest absolute Gasteiger partial charge is 0.385 e. The molecule has 0 aliphatic carbocycles. The number of imidazole rings is 1. The number of carbonyl (C=O) groups excluding carboxylic acids is 1. The second-order valence-electron chi connectivity index (χ2n) is 10.3. The minimum absolute atomic E-state index is 0.0864. The lowest BCUT2D eigenvalue weighted by Gasteiger charge is -2.33. The zero-order valence-corrected chi connectivity index (χ0v) is 22.4. The molecule has 2 aromatic heterocycles. The molecule has 1 aliphatic heterocycles. The monoisotopic (exact) mass is 529 g/mol. The van der Waals surface area contributed by atoms with Gasteiger partial charge in [-0.25, -0.2) is 9.97 Å². The molecule has 0 radical (unpaired) electrons. The number of nitrogens with zero attached hydrogens (tertiary/aromatic N) is 4. The first kappa shape index (κ1) is 27.0. The van der Waals surface area contributed by atoms with Crippen LogP contribution in [0.15, 0.2) is 66.9 Å². The van der Waals surface area contributed by atoms with Gasteiger partial charge in [-0.15, -0.1) is 0 Å². The summed E-state index contributed by atoms with van der Waals surface area (Å²) in [6.07, 6.45) is 5.16. The molecule has 1 fully saturated rings.